The van der Waals surface area contributed by atoms with E-state index >= 15 is 0 Å². The molecule has 0 nitrogen and oxygen atoms in total. The minimum absolute atomic E-state index is 1.11. The zero-order valence-electron chi connectivity index (χ0n) is 13.0. The summed E-state index contributed by atoms with van der Waals surface area (Å²) in [7, 11) is 0. The van der Waals surface area contributed by atoms with E-state index < -0.39 is 0 Å². The van der Waals surface area contributed by atoms with Gasteiger partial charge in [0.1, 0.15) is 0 Å². The van der Waals surface area contributed by atoms with Gasteiger partial charge in [0.25, 0.3) is 0 Å². The van der Waals surface area contributed by atoms with Crippen LogP contribution in [0.2, 0.25) is 0 Å². The van der Waals surface area contributed by atoms with E-state index in [9.17, 15) is 0 Å². The first-order chi connectivity index (χ1) is 8.93. The molecule has 0 aliphatic carbocycles. The second kappa shape index (κ2) is 5.21. The summed E-state index contributed by atoms with van der Waals surface area (Å²) in [6.45, 7) is 13.3. The first-order valence-corrected chi connectivity index (χ1v) is 7.12. The molecule has 0 fully saturated rings. The van der Waals surface area contributed by atoms with Crippen molar-refractivity contribution >= 4 is 0 Å². The van der Waals surface area contributed by atoms with Crippen molar-refractivity contribution in [1.82, 2.24) is 0 Å². The molecule has 2 aromatic rings. The summed E-state index contributed by atoms with van der Waals surface area (Å²) in [4.78, 5) is 0. The van der Waals surface area contributed by atoms with Gasteiger partial charge in [0, 0.05) is 0 Å². The fourth-order valence-electron chi connectivity index (χ4n) is 2.89. The highest BCUT2D eigenvalue weighted by molar-refractivity contribution is 5.73. The lowest BCUT2D eigenvalue weighted by atomic mass is 9.90. The smallest absolute Gasteiger partial charge is 0.0125 e. The van der Waals surface area contributed by atoms with E-state index in [0.29, 0.717) is 0 Å². The minimum Gasteiger partial charge on any atom is -0.0613 e. The molecular formula is C19H24. The highest BCUT2D eigenvalue weighted by Crippen LogP contribution is 2.31. The summed E-state index contributed by atoms with van der Waals surface area (Å²) in [6, 6.07) is 9.30. The normalized spacial score (nSPS) is 10.8. The number of hydrogen-bond acceptors (Lipinski definition) is 0. The summed E-state index contributed by atoms with van der Waals surface area (Å²) in [5.41, 5.74) is 11.1. The maximum atomic E-state index is 2.33. The fraction of sp³-hybridized carbons (Fsp3) is 0.368. The molecule has 0 spiro atoms. The highest BCUT2D eigenvalue weighted by atomic mass is 14.1. The molecule has 19 heavy (non-hydrogen) atoms. The van der Waals surface area contributed by atoms with Gasteiger partial charge < -0.3 is 0 Å². The van der Waals surface area contributed by atoms with Crippen molar-refractivity contribution in [1.29, 1.82) is 0 Å². The molecule has 0 saturated heterocycles. The molecule has 0 atom stereocenters. The summed E-state index contributed by atoms with van der Waals surface area (Å²) in [6.07, 6.45) is 1.11. The largest absolute Gasteiger partial charge is 0.0613 e. The Hall–Kier alpha value is -1.56. The standard InChI is InChI=1S/C19H24/c1-7-17-8-14(4)19(15(5)9-17)18-10-12(2)16(6)13(3)11-18/h8-11H,7H2,1-6H3. The molecule has 2 rings (SSSR count). The quantitative estimate of drug-likeness (QED) is 0.666. The van der Waals surface area contributed by atoms with Crippen LogP contribution in [-0.4, -0.2) is 0 Å². The van der Waals surface area contributed by atoms with Gasteiger partial charge in [-0.05, 0) is 85.5 Å². The van der Waals surface area contributed by atoms with Gasteiger partial charge in [-0.2, -0.15) is 0 Å². The molecule has 0 aromatic heterocycles. The third-order valence-corrected chi connectivity index (χ3v) is 4.22. The summed E-state index contributed by atoms with van der Waals surface area (Å²) < 4.78 is 0. The Morgan fingerprint density at radius 3 is 1.58 bits per heavy atom. The third kappa shape index (κ3) is 2.58. The number of rotatable bonds is 2. The monoisotopic (exact) mass is 252 g/mol. The van der Waals surface area contributed by atoms with E-state index in [1.807, 2.05) is 0 Å². The Bertz CT molecular complexity index is 572. The van der Waals surface area contributed by atoms with Crippen LogP contribution in [-0.2, 0) is 6.42 Å². The molecule has 100 valence electrons. The Labute approximate surface area is 117 Å². The van der Waals surface area contributed by atoms with Gasteiger partial charge in [0.05, 0.1) is 0 Å². The Kier molecular flexibility index (Phi) is 3.80. The highest BCUT2D eigenvalue weighted by Gasteiger charge is 2.09. The van der Waals surface area contributed by atoms with Crippen molar-refractivity contribution in [3.05, 3.63) is 57.6 Å². The molecule has 0 aliphatic rings. The molecule has 0 heteroatoms. The van der Waals surface area contributed by atoms with Crippen LogP contribution in [0.5, 0.6) is 0 Å². The lowest BCUT2D eigenvalue weighted by Crippen LogP contribution is -1.95. The van der Waals surface area contributed by atoms with Crippen LogP contribution in [0.4, 0.5) is 0 Å². The van der Waals surface area contributed by atoms with Crippen molar-refractivity contribution in [2.24, 2.45) is 0 Å². The zero-order chi connectivity index (χ0) is 14.2. The maximum Gasteiger partial charge on any atom is -0.0125 e. The average Bonchev–Trinajstić information content (AvgIpc) is 2.34. The lowest BCUT2D eigenvalue weighted by Gasteiger charge is -2.15. The number of hydrogen-bond donors (Lipinski definition) is 0. The van der Waals surface area contributed by atoms with Crippen molar-refractivity contribution < 1.29 is 0 Å². The molecule has 0 radical (unpaired) electrons. The maximum absolute atomic E-state index is 2.33. The van der Waals surface area contributed by atoms with Gasteiger partial charge in [0.15, 0.2) is 0 Å². The summed E-state index contributed by atoms with van der Waals surface area (Å²) in [5, 5.41) is 0. The summed E-state index contributed by atoms with van der Waals surface area (Å²) in [5.74, 6) is 0. The number of aryl methyl sites for hydroxylation is 5. The SMILES string of the molecule is CCc1cc(C)c(-c2cc(C)c(C)c(C)c2)c(C)c1. The second-order valence-corrected chi connectivity index (χ2v) is 5.69. The van der Waals surface area contributed by atoms with Crippen molar-refractivity contribution in [3.63, 3.8) is 0 Å². The van der Waals surface area contributed by atoms with Gasteiger partial charge in [-0.25, -0.2) is 0 Å². The average molecular weight is 252 g/mol. The predicted octanol–water partition coefficient (Wildman–Crippen LogP) is 5.46. The molecule has 2 aromatic carbocycles. The molecular weight excluding hydrogens is 228 g/mol. The van der Waals surface area contributed by atoms with E-state index in [-0.39, 0.29) is 0 Å². The molecule has 0 aliphatic heterocycles. The van der Waals surface area contributed by atoms with Crippen LogP contribution >= 0.6 is 0 Å². The minimum atomic E-state index is 1.11. The first-order valence-electron chi connectivity index (χ1n) is 7.12. The van der Waals surface area contributed by atoms with Crippen LogP contribution in [0.25, 0.3) is 11.1 Å². The fourth-order valence-corrected chi connectivity index (χ4v) is 2.89. The van der Waals surface area contributed by atoms with Crippen molar-refractivity contribution in [2.75, 3.05) is 0 Å². The number of benzene rings is 2. The Balaban J connectivity index is 2.66. The van der Waals surface area contributed by atoms with Gasteiger partial charge in [-0.1, -0.05) is 31.2 Å². The van der Waals surface area contributed by atoms with Gasteiger partial charge in [-0.3, -0.25) is 0 Å². The zero-order valence-corrected chi connectivity index (χ0v) is 13.0. The van der Waals surface area contributed by atoms with Gasteiger partial charge in [-0.15, -0.1) is 0 Å². The van der Waals surface area contributed by atoms with E-state index in [2.05, 4.69) is 65.8 Å². The van der Waals surface area contributed by atoms with Crippen LogP contribution in [0.3, 0.4) is 0 Å². The molecule has 0 amide bonds. The van der Waals surface area contributed by atoms with Crippen LogP contribution in [0.15, 0.2) is 24.3 Å². The molecule has 0 unspecified atom stereocenters. The van der Waals surface area contributed by atoms with Crippen LogP contribution in [0, 0.1) is 34.6 Å². The molecule has 0 saturated carbocycles. The van der Waals surface area contributed by atoms with Gasteiger partial charge >= 0.3 is 0 Å². The lowest BCUT2D eigenvalue weighted by molar-refractivity contribution is 1.12. The van der Waals surface area contributed by atoms with E-state index in [0.717, 1.165) is 6.42 Å². The van der Waals surface area contributed by atoms with E-state index in [1.165, 1.54) is 44.5 Å². The Morgan fingerprint density at radius 2 is 1.16 bits per heavy atom. The predicted molar refractivity (Wildman–Crippen MR) is 84.9 cm³/mol. The Morgan fingerprint density at radius 1 is 0.684 bits per heavy atom. The molecule has 0 heterocycles. The van der Waals surface area contributed by atoms with E-state index in [4.69, 9.17) is 0 Å². The molecule has 0 N–H and O–H groups in total. The second-order valence-electron chi connectivity index (χ2n) is 5.69. The third-order valence-electron chi connectivity index (χ3n) is 4.22. The van der Waals surface area contributed by atoms with Gasteiger partial charge in [0.2, 0.25) is 0 Å². The van der Waals surface area contributed by atoms with Crippen LogP contribution < -0.4 is 0 Å². The van der Waals surface area contributed by atoms with E-state index in [1.54, 1.807) is 0 Å². The molecule has 0 bridgehead atoms. The van der Waals surface area contributed by atoms with Crippen molar-refractivity contribution in [2.45, 2.75) is 48.0 Å². The van der Waals surface area contributed by atoms with Crippen molar-refractivity contribution in [3.8, 4) is 11.1 Å². The van der Waals surface area contributed by atoms with Crippen LogP contribution in [0.1, 0.15) is 40.3 Å². The topological polar surface area (TPSA) is 0 Å². The summed E-state index contributed by atoms with van der Waals surface area (Å²) >= 11 is 0. The first kappa shape index (κ1) is 13.9.